The summed E-state index contributed by atoms with van der Waals surface area (Å²) in [7, 11) is 0. The van der Waals surface area contributed by atoms with E-state index in [1.54, 1.807) is 0 Å². The van der Waals surface area contributed by atoms with E-state index in [0.717, 1.165) is 24.7 Å². The number of rotatable bonds is 17. The molecule has 0 aromatic carbocycles. The molecule has 4 nitrogen and oxygen atoms in total. The molecule has 2 atom stereocenters. The van der Waals surface area contributed by atoms with Crippen molar-refractivity contribution in [2.75, 3.05) is 6.61 Å². The van der Waals surface area contributed by atoms with Crippen LogP contribution in [-0.2, 0) is 16.3 Å². The molecule has 0 amide bonds. The minimum Gasteiger partial charge on any atom is -0.344 e. The molecular formula is C19H42NO3PS. The summed E-state index contributed by atoms with van der Waals surface area (Å²) in [6.45, 7) is -0.762. The van der Waals surface area contributed by atoms with Crippen LogP contribution in [0.2, 0.25) is 0 Å². The van der Waals surface area contributed by atoms with E-state index >= 15 is 0 Å². The van der Waals surface area contributed by atoms with Gasteiger partial charge in [-0.05, 0) is 36.5 Å². The third kappa shape index (κ3) is 16.4. The minimum atomic E-state index is -3.42. The molecule has 1 rings (SSSR count). The molecule has 6 heteroatoms. The normalized spacial score (nSPS) is 19.6. The molecule has 0 bridgehead atoms. The molecule has 0 aromatic rings. The molecule has 1 aliphatic rings. The maximum atomic E-state index is 8.93. The van der Waals surface area contributed by atoms with Crippen LogP contribution in [0.25, 0.3) is 0 Å². The Morgan fingerprint density at radius 1 is 0.800 bits per heavy atom. The molecule has 0 spiro atoms. The van der Waals surface area contributed by atoms with Gasteiger partial charge in [-0.25, -0.2) is 0 Å². The SMILES string of the molecule is CCCCCCCC[C@H]1C[C@H]1CCCCCCCCOP(O)(O)=S.N. The number of hydrogen-bond donors (Lipinski definition) is 3. The molecule has 25 heavy (non-hydrogen) atoms. The second-order valence-electron chi connectivity index (χ2n) is 7.55. The Morgan fingerprint density at radius 2 is 1.24 bits per heavy atom. The van der Waals surface area contributed by atoms with E-state index < -0.39 is 6.72 Å². The van der Waals surface area contributed by atoms with Gasteiger partial charge in [-0.2, -0.15) is 0 Å². The Morgan fingerprint density at radius 3 is 1.72 bits per heavy atom. The lowest BCUT2D eigenvalue weighted by atomic mass is 10.0. The summed E-state index contributed by atoms with van der Waals surface area (Å²) in [5, 5.41) is 0. The quantitative estimate of drug-likeness (QED) is 0.193. The molecule has 1 saturated carbocycles. The predicted molar refractivity (Wildman–Crippen MR) is 112 cm³/mol. The molecule has 5 N–H and O–H groups in total. The fraction of sp³-hybridized carbons (Fsp3) is 1.00. The Labute approximate surface area is 161 Å². The molecule has 0 heterocycles. The van der Waals surface area contributed by atoms with Gasteiger partial charge in [0.05, 0.1) is 6.61 Å². The maximum Gasteiger partial charge on any atom is 0.321 e. The second kappa shape index (κ2) is 15.5. The summed E-state index contributed by atoms with van der Waals surface area (Å²) in [6, 6.07) is 0. The van der Waals surface area contributed by atoms with Crippen molar-refractivity contribution in [3.8, 4) is 0 Å². The van der Waals surface area contributed by atoms with E-state index in [2.05, 4.69) is 18.7 Å². The van der Waals surface area contributed by atoms with Crippen molar-refractivity contribution in [1.82, 2.24) is 6.15 Å². The van der Waals surface area contributed by atoms with E-state index in [9.17, 15) is 0 Å². The summed E-state index contributed by atoms with van der Waals surface area (Å²) in [4.78, 5) is 17.9. The molecule has 0 radical (unpaired) electrons. The highest BCUT2D eigenvalue weighted by atomic mass is 32.5. The van der Waals surface area contributed by atoms with Gasteiger partial charge in [0.15, 0.2) is 0 Å². The summed E-state index contributed by atoms with van der Waals surface area (Å²) < 4.78 is 4.81. The molecule has 1 aliphatic carbocycles. The molecule has 1 fully saturated rings. The molecule has 152 valence electrons. The fourth-order valence-electron chi connectivity index (χ4n) is 3.60. The highest BCUT2D eigenvalue weighted by molar-refractivity contribution is 8.06. The predicted octanol–water partition coefficient (Wildman–Crippen LogP) is 6.49. The van der Waals surface area contributed by atoms with Crippen molar-refractivity contribution >= 4 is 18.5 Å². The molecule has 0 aromatic heterocycles. The van der Waals surface area contributed by atoms with Crippen molar-refractivity contribution in [3.05, 3.63) is 0 Å². The van der Waals surface area contributed by atoms with E-state index in [-0.39, 0.29) is 6.15 Å². The average Bonchev–Trinajstić information content (AvgIpc) is 3.26. The molecule has 0 aliphatic heterocycles. The van der Waals surface area contributed by atoms with Gasteiger partial charge in [0.1, 0.15) is 0 Å². The van der Waals surface area contributed by atoms with Gasteiger partial charge in [-0.15, -0.1) is 0 Å². The van der Waals surface area contributed by atoms with E-state index in [0.29, 0.717) is 6.61 Å². The largest absolute Gasteiger partial charge is 0.344 e. The van der Waals surface area contributed by atoms with Crippen molar-refractivity contribution in [2.45, 2.75) is 103 Å². The third-order valence-corrected chi connectivity index (χ3v) is 6.06. The lowest BCUT2D eigenvalue weighted by molar-refractivity contribution is 0.245. The monoisotopic (exact) mass is 395 g/mol. The Kier molecular flexibility index (Phi) is 15.8. The zero-order valence-corrected chi connectivity index (χ0v) is 18.0. The van der Waals surface area contributed by atoms with Gasteiger partial charge >= 0.3 is 6.72 Å². The van der Waals surface area contributed by atoms with E-state index in [1.165, 1.54) is 83.5 Å². The Bertz CT molecular complexity index is 352. The van der Waals surface area contributed by atoms with Crippen LogP contribution in [0, 0.1) is 11.8 Å². The van der Waals surface area contributed by atoms with Gasteiger partial charge in [-0.1, -0.05) is 90.4 Å². The van der Waals surface area contributed by atoms with E-state index in [4.69, 9.17) is 14.3 Å². The van der Waals surface area contributed by atoms with Gasteiger partial charge in [-0.3, -0.25) is 0 Å². The standard InChI is InChI=1S/C19H39O3PS.H3N/c1-2-3-4-5-8-11-14-18-17-19(18)15-12-9-6-7-10-13-16-22-23(20,21)24;/h18-19H,2-17H2,1H3,(H2,20,21,24);1H3/t18-,19+;/m0./s1. The summed E-state index contributed by atoms with van der Waals surface area (Å²) in [6.07, 6.45) is 20.2. The lowest BCUT2D eigenvalue weighted by Gasteiger charge is -2.07. The van der Waals surface area contributed by atoms with Gasteiger partial charge < -0.3 is 20.5 Å². The zero-order valence-electron chi connectivity index (χ0n) is 16.3. The van der Waals surface area contributed by atoms with Crippen LogP contribution in [0.5, 0.6) is 0 Å². The summed E-state index contributed by atoms with van der Waals surface area (Å²) >= 11 is 4.41. The van der Waals surface area contributed by atoms with Crippen molar-refractivity contribution in [1.29, 1.82) is 0 Å². The number of unbranched alkanes of at least 4 members (excludes halogenated alkanes) is 10. The van der Waals surface area contributed by atoms with Crippen LogP contribution in [-0.4, -0.2) is 16.4 Å². The molecular weight excluding hydrogens is 353 g/mol. The molecule has 0 saturated heterocycles. The first-order valence-electron chi connectivity index (χ1n) is 10.2. The van der Waals surface area contributed by atoms with Crippen LogP contribution in [0.4, 0.5) is 0 Å². The topological polar surface area (TPSA) is 84.7 Å². The first-order chi connectivity index (χ1) is 11.5. The third-order valence-electron chi connectivity index (χ3n) is 5.23. The van der Waals surface area contributed by atoms with Crippen LogP contribution in [0.15, 0.2) is 0 Å². The lowest BCUT2D eigenvalue weighted by Crippen LogP contribution is -1.92. The maximum absolute atomic E-state index is 8.93. The first-order valence-corrected chi connectivity index (χ1v) is 12.9. The van der Waals surface area contributed by atoms with Crippen molar-refractivity contribution < 1.29 is 14.3 Å². The number of hydrogen-bond acceptors (Lipinski definition) is 3. The second-order valence-corrected chi connectivity index (χ2v) is 10.2. The zero-order chi connectivity index (χ0) is 17.7. The fourth-order valence-corrected chi connectivity index (χ4v) is 4.19. The summed E-state index contributed by atoms with van der Waals surface area (Å²) in [5.41, 5.74) is 0. The summed E-state index contributed by atoms with van der Waals surface area (Å²) in [5.74, 6) is 2.11. The minimum absolute atomic E-state index is 0. The van der Waals surface area contributed by atoms with Gasteiger partial charge in [0.25, 0.3) is 0 Å². The molecule has 0 unspecified atom stereocenters. The average molecular weight is 396 g/mol. The van der Waals surface area contributed by atoms with Crippen LogP contribution in [0.3, 0.4) is 0 Å². The Balaban J connectivity index is 0.00000576. The highest BCUT2D eigenvalue weighted by Crippen LogP contribution is 2.45. The Hall–Kier alpha value is 0.490. The van der Waals surface area contributed by atoms with Crippen LogP contribution >= 0.6 is 6.72 Å². The van der Waals surface area contributed by atoms with E-state index in [1.807, 2.05) is 0 Å². The van der Waals surface area contributed by atoms with Crippen LogP contribution < -0.4 is 6.15 Å². The van der Waals surface area contributed by atoms with Crippen LogP contribution in [0.1, 0.15) is 103 Å². The van der Waals surface area contributed by atoms with Crippen molar-refractivity contribution in [2.24, 2.45) is 11.8 Å². The van der Waals surface area contributed by atoms with Gasteiger partial charge in [0, 0.05) is 0 Å². The highest BCUT2D eigenvalue weighted by Gasteiger charge is 2.34. The first kappa shape index (κ1) is 25.5. The smallest absolute Gasteiger partial charge is 0.321 e. The van der Waals surface area contributed by atoms with Crippen molar-refractivity contribution in [3.63, 3.8) is 0 Å². The van der Waals surface area contributed by atoms with Gasteiger partial charge in [0.2, 0.25) is 0 Å².